The molecule has 2 heterocycles. The van der Waals surface area contributed by atoms with Crippen LogP contribution in [0.15, 0.2) is 0 Å². The molecule has 0 N–H and O–H groups in total. The molecule has 1 aliphatic carbocycles. The average molecular weight is 238 g/mol. The highest BCUT2D eigenvalue weighted by Crippen LogP contribution is 2.77. The van der Waals surface area contributed by atoms with E-state index < -0.39 is 46.0 Å². The van der Waals surface area contributed by atoms with Crippen molar-refractivity contribution >= 4 is 23.9 Å². The van der Waals surface area contributed by atoms with E-state index in [1.807, 2.05) is 0 Å². The summed E-state index contributed by atoms with van der Waals surface area (Å²) in [6, 6.07) is 0. The van der Waals surface area contributed by atoms with Crippen molar-refractivity contribution in [1.29, 1.82) is 0 Å². The molecule has 0 spiro atoms. The maximum Gasteiger partial charge on any atom is 0.321 e. The maximum atomic E-state index is 11.8. The Morgan fingerprint density at radius 3 is 1.82 bits per heavy atom. The summed E-state index contributed by atoms with van der Waals surface area (Å²) in [7, 11) is 0. The summed E-state index contributed by atoms with van der Waals surface area (Å²) < 4.78 is 9.19. The third-order valence-electron chi connectivity index (χ3n) is 5.10. The summed E-state index contributed by atoms with van der Waals surface area (Å²) in [6.45, 7) is 4.44. The first-order chi connectivity index (χ1) is 7.72. The van der Waals surface area contributed by atoms with Crippen molar-refractivity contribution in [3.05, 3.63) is 0 Å². The molecule has 6 heteroatoms. The second-order valence-corrected chi connectivity index (χ2v) is 5.35. The predicted molar refractivity (Wildman–Crippen MR) is 50.0 cm³/mol. The van der Waals surface area contributed by atoms with Crippen LogP contribution < -0.4 is 0 Å². The number of cyclic esters (lactones) is 4. The number of fused-ring (bicyclic) bond motifs is 4. The smallest absolute Gasteiger partial charge is 0.321 e. The third kappa shape index (κ3) is 0.634. The molecule has 0 aromatic heterocycles. The summed E-state index contributed by atoms with van der Waals surface area (Å²) in [5, 5.41) is 0. The molecule has 3 rings (SSSR count). The van der Waals surface area contributed by atoms with Crippen LogP contribution in [0.3, 0.4) is 0 Å². The van der Waals surface area contributed by atoms with Crippen LogP contribution in [0.25, 0.3) is 0 Å². The molecule has 4 atom stereocenters. The van der Waals surface area contributed by atoms with Gasteiger partial charge in [-0.1, -0.05) is 0 Å². The van der Waals surface area contributed by atoms with Crippen LogP contribution in [0.2, 0.25) is 0 Å². The van der Waals surface area contributed by atoms with Crippen molar-refractivity contribution in [1.82, 2.24) is 0 Å². The Balaban J connectivity index is 2.29. The molecule has 0 amide bonds. The summed E-state index contributed by atoms with van der Waals surface area (Å²) in [4.78, 5) is 46.9. The minimum Gasteiger partial charge on any atom is -0.392 e. The number of esters is 4. The van der Waals surface area contributed by atoms with Crippen LogP contribution in [0, 0.1) is 22.2 Å². The van der Waals surface area contributed by atoms with E-state index in [0.29, 0.717) is 0 Å². The van der Waals surface area contributed by atoms with Crippen molar-refractivity contribution in [2.45, 2.75) is 20.8 Å². The minimum absolute atomic E-state index is 0.746. The average Bonchev–Trinajstić information content (AvgIpc) is 2.53. The Bertz CT molecular complexity index is 498. The SMILES string of the molecule is CC12C(=O)OC(=O)C1C1(C)C(=O)OC(=O)C21C. The molecule has 0 aromatic rings. The highest BCUT2D eigenvalue weighted by Gasteiger charge is 2.92. The Labute approximate surface area is 96.2 Å². The molecule has 4 unspecified atom stereocenters. The van der Waals surface area contributed by atoms with E-state index in [2.05, 4.69) is 9.47 Å². The maximum absolute atomic E-state index is 11.8. The number of hydrogen-bond donors (Lipinski definition) is 0. The lowest BCUT2D eigenvalue weighted by molar-refractivity contribution is -0.208. The number of rotatable bonds is 0. The van der Waals surface area contributed by atoms with Crippen LogP contribution in [0.1, 0.15) is 20.8 Å². The molecular weight excluding hydrogens is 228 g/mol. The van der Waals surface area contributed by atoms with Crippen molar-refractivity contribution in [2.75, 3.05) is 0 Å². The van der Waals surface area contributed by atoms with E-state index in [1.54, 1.807) is 0 Å². The number of ether oxygens (including phenoxy) is 2. The molecule has 17 heavy (non-hydrogen) atoms. The Kier molecular flexibility index (Phi) is 1.40. The molecular formula is C11H10O6. The molecule has 6 nitrogen and oxygen atoms in total. The van der Waals surface area contributed by atoms with Gasteiger partial charge < -0.3 is 9.47 Å². The summed E-state index contributed by atoms with van der Waals surface area (Å²) in [6.07, 6.45) is 0. The molecule has 3 aliphatic rings. The molecule has 0 aromatic carbocycles. The number of hydrogen-bond acceptors (Lipinski definition) is 6. The molecule has 1 saturated carbocycles. The first-order valence-corrected chi connectivity index (χ1v) is 5.25. The normalized spacial score (nSPS) is 51.6. The van der Waals surface area contributed by atoms with E-state index in [0.717, 1.165) is 0 Å². The standard InChI is InChI=1S/C11H10O6/c1-9-4(5(12)16-6(9)13)10(2)7(14)17-8(15)11(9,10)3/h4H,1-3H3. The number of carbonyl (C=O) groups is 4. The molecule has 2 aliphatic heterocycles. The zero-order valence-corrected chi connectivity index (χ0v) is 9.53. The highest BCUT2D eigenvalue weighted by atomic mass is 16.6. The van der Waals surface area contributed by atoms with Crippen molar-refractivity contribution in [2.24, 2.45) is 22.2 Å². The van der Waals surface area contributed by atoms with Gasteiger partial charge in [0.25, 0.3) is 0 Å². The summed E-state index contributed by atoms with van der Waals surface area (Å²) in [5.41, 5.74) is -3.89. The van der Waals surface area contributed by atoms with Gasteiger partial charge in [-0.25, -0.2) is 0 Å². The van der Waals surface area contributed by atoms with Gasteiger partial charge in [-0.2, -0.15) is 0 Å². The quantitative estimate of drug-likeness (QED) is 0.429. The summed E-state index contributed by atoms with van der Waals surface area (Å²) in [5.74, 6) is -3.93. The molecule has 0 radical (unpaired) electrons. The zero-order chi connectivity index (χ0) is 12.8. The molecule has 3 fully saturated rings. The fourth-order valence-corrected chi connectivity index (χ4v) is 3.70. The van der Waals surface area contributed by atoms with Gasteiger partial charge in [-0.05, 0) is 20.8 Å². The van der Waals surface area contributed by atoms with Gasteiger partial charge >= 0.3 is 23.9 Å². The van der Waals surface area contributed by atoms with Crippen LogP contribution in [-0.4, -0.2) is 23.9 Å². The van der Waals surface area contributed by atoms with Crippen LogP contribution in [-0.2, 0) is 28.7 Å². The minimum atomic E-state index is -1.31. The Morgan fingerprint density at radius 2 is 1.29 bits per heavy atom. The molecule has 0 bridgehead atoms. The zero-order valence-electron chi connectivity index (χ0n) is 9.53. The lowest BCUT2D eigenvalue weighted by Gasteiger charge is -2.58. The summed E-state index contributed by atoms with van der Waals surface area (Å²) >= 11 is 0. The molecule has 90 valence electrons. The third-order valence-corrected chi connectivity index (χ3v) is 5.10. The van der Waals surface area contributed by atoms with Crippen LogP contribution in [0.4, 0.5) is 0 Å². The van der Waals surface area contributed by atoms with E-state index in [4.69, 9.17) is 0 Å². The van der Waals surface area contributed by atoms with Crippen molar-refractivity contribution < 1.29 is 28.7 Å². The van der Waals surface area contributed by atoms with Crippen molar-refractivity contribution in [3.8, 4) is 0 Å². The Morgan fingerprint density at radius 1 is 0.824 bits per heavy atom. The van der Waals surface area contributed by atoms with E-state index in [9.17, 15) is 19.2 Å². The Hall–Kier alpha value is -1.72. The fraction of sp³-hybridized carbons (Fsp3) is 0.636. The first-order valence-electron chi connectivity index (χ1n) is 5.25. The second-order valence-electron chi connectivity index (χ2n) is 5.35. The first kappa shape index (κ1) is 10.4. The van der Waals surface area contributed by atoms with Gasteiger partial charge in [0, 0.05) is 0 Å². The van der Waals surface area contributed by atoms with E-state index in [-0.39, 0.29) is 0 Å². The second kappa shape index (κ2) is 2.27. The van der Waals surface area contributed by atoms with Gasteiger partial charge in [-0.3, -0.25) is 19.2 Å². The van der Waals surface area contributed by atoms with E-state index >= 15 is 0 Å². The van der Waals surface area contributed by atoms with Crippen LogP contribution in [0.5, 0.6) is 0 Å². The largest absolute Gasteiger partial charge is 0.392 e. The van der Waals surface area contributed by atoms with Gasteiger partial charge in [0.1, 0.15) is 0 Å². The van der Waals surface area contributed by atoms with Gasteiger partial charge in [0.2, 0.25) is 0 Å². The monoisotopic (exact) mass is 238 g/mol. The predicted octanol–water partition coefficient (Wildman–Crippen LogP) is -0.198. The molecule has 2 saturated heterocycles. The fourth-order valence-electron chi connectivity index (χ4n) is 3.70. The van der Waals surface area contributed by atoms with Crippen LogP contribution >= 0.6 is 0 Å². The number of carbonyl (C=O) groups excluding carboxylic acids is 4. The lowest BCUT2D eigenvalue weighted by Crippen LogP contribution is -2.72. The topological polar surface area (TPSA) is 86.7 Å². The van der Waals surface area contributed by atoms with Crippen molar-refractivity contribution in [3.63, 3.8) is 0 Å². The highest BCUT2D eigenvalue weighted by molar-refractivity contribution is 6.16. The van der Waals surface area contributed by atoms with Gasteiger partial charge in [0.15, 0.2) is 0 Å². The lowest BCUT2D eigenvalue weighted by atomic mass is 9.34. The van der Waals surface area contributed by atoms with Gasteiger partial charge in [0.05, 0.1) is 22.2 Å². The van der Waals surface area contributed by atoms with Gasteiger partial charge in [-0.15, -0.1) is 0 Å². The van der Waals surface area contributed by atoms with E-state index in [1.165, 1.54) is 20.8 Å².